The van der Waals surface area contributed by atoms with Gasteiger partial charge in [0.1, 0.15) is 4.90 Å². The van der Waals surface area contributed by atoms with Crippen molar-refractivity contribution >= 4 is 33.2 Å². The van der Waals surface area contributed by atoms with Crippen LogP contribution in [0.5, 0.6) is 0 Å². The van der Waals surface area contributed by atoms with Crippen LogP contribution in [0.4, 0.5) is 5.69 Å². The molecular weight excluding hydrogens is 420 g/mol. The van der Waals surface area contributed by atoms with Gasteiger partial charge in [-0.3, -0.25) is 9.52 Å². The Morgan fingerprint density at radius 2 is 1.73 bits per heavy atom. The quantitative estimate of drug-likeness (QED) is 0.541. The largest absolute Gasteiger partial charge is 0.351 e. The van der Waals surface area contributed by atoms with Gasteiger partial charge >= 0.3 is 0 Å². The fourth-order valence-corrected chi connectivity index (χ4v) is 4.59. The molecule has 0 fully saturated rings. The van der Waals surface area contributed by atoms with Crippen LogP contribution in [0.3, 0.4) is 0 Å². The molecule has 1 atom stereocenters. The van der Waals surface area contributed by atoms with E-state index >= 15 is 0 Å². The number of sulfonamides is 1. The van der Waals surface area contributed by atoms with Crippen LogP contribution in [-0.4, -0.2) is 20.9 Å². The van der Waals surface area contributed by atoms with Crippen molar-refractivity contribution in [1.29, 1.82) is 0 Å². The van der Waals surface area contributed by atoms with Crippen LogP contribution >= 0.6 is 11.6 Å². The summed E-state index contributed by atoms with van der Waals surface area (Å²) < 4.78 is 28.2. The van der Waals surface area contributed by atoms with Gasteiger partial charge < -0.3 is 5.32 Å². The second kappa shape index (κ2) is 9.32. The second-order valence-electron chi connectivity index (χ2n) is 7.14. The Labute approximate surface area is 182 Å². The number of carbonyl (C=O) groups excluding carboxylic acids is 1. The van der Waals surface area contributed by atoms with E-state index in [1.54, 1.807) is 18.2 Å². The Morgan fingerprint density at radius 3 is 2.43 bits per heavy atom. The number of halogens is 1. The van der Waals surface area contributed by atoms with Gasteiger partial charge in [0.2, 0.25) is 0 Å². The molecule has 0 aromatic heterocycles. The third-order valence-electron chi connectivity index (χ3n) is 4.69. The lowest BCUT2D eigenvalue weighted by molar-refractivity contribution is 0.0951. The maximum Gasteiger partial charge on any atom is 0.263 e. The fourth-order valence-electron chi connectivity index (χ4n) is 3.02. The first-order valence-corrected chi connectivity index (χ1v) is 11.3. The minimum Gasteiger partial charge on any atom is -0.351 e. The average molecular weight is 443 g/mol. The normalized spacial score (nSPS) is 12.2. The van der Waals surface area contributed by atoms with Crippen LogP contribution in [0.25, 0.3) is 0 Å². The van der Waals surface area contributed by atoms with Crippen molar-refractivity contribution in [2.75, 3.05) is 11.3 Å². The molecule has 30 heavy (non-hydrogen) atoms. The molecule has 0 aliphatic rings. The Bertz CT molecular complexity index is 1150. The number of hydrogen-bond acceptors (Lipinski definition) is 3. The average Bonchev–Trinajstić information content (AvgIpc) is 2.72. The van der Waals surface area contributed by atoms with Gasteiger partial charge in [-0.15, -0.1) is 0 Å². The zero-order valence-electron chi connectivity index (χ0n) is 16.7. The molecule has 0 aliphatic carbocycles. The van der Waals surface area contributed by atoms with Crippen LogP contribution in [0, 0.1) is 6.92 Å². The maximum absolute atomic E-state index is 12.8. The lowest BCUT2D eigenvalue weighted by Gasteiger charge is -2.14. The lowest BCUT2D eigenvalue weighted by atomic mass is 10.0. The van der Waals surface area contributed by atoms with Gasteiger partial charge in [0.25, 0.3) is 15.9 Å². The smallest absolute Gasteiger partial charge is 0.263 e. The van der Waals surface area contributed by atoms with Gasteiger partial charge in [-0.05, 0) is 54.3 Å². The summed E-state index contributed by atoms with van der Waals surface area (Å²) in [4.78, 5) is 12.5. The van der Waals surface area contributed by atoms with Crippen LogP contribution < -0.4 is 10.0 Å². The summed E-state index contributed by atoms with van der Waals surface area (Å²) in [5.74, 6) is -0.241. The molecular formula is C23H23ClN2O3S. The van der Waals surface area contributed by atoms with Gasteiger partial charge in [0.15, 0.2) is 0 Å². The summed E-state index contributed by atoms with van der Waals surface area (Å²) in [6, 6.07) is 21.1. The number of rotatable bonds is 7. The zero-order chi connectivity index (χ0) is 21.7. The first-order chi connectivity index (χ1) is 14.3. The maximum atomic E-state index is 12.8. The highest BCUT2D eigenvalue weighted by Crippen LogP contribution is 2.25. The summed E-state index contributed by atoms with van der Waals surface area (Å²) in [7, 11) is -3.95. The van der Waals surface area contributed by atoms with E-state index in [2.05, 4.69) is 10.0 Å². The third kappa shape index (κ3) is 5.40. The zero-order valence-corrected chi connectivity index (χ0v) is 18.3. The molecule has 3 aromatic carbocycles. The Balaban J connectivity index is 1.76. The van der Waals surface area contributed by atoms with E-state index in [1.807, 2.05) is 50.2 Å². The van der Waals surface area contributed by atoms with Gasteiger partial charge in [-0.2, -0.15) is 0 Å². The molecule has 7 heteroatoms. The Hall–Kier alpha value is -2.83. The minimum atomic E-state index is -3.95. The summed E-state index contributed by atoms with van der Waals surface area (Å²) in [6.07, 6.45) is 0. The van der Waals surface area contributed by atoms with Crippen molar-refractivity contribution in [2.24, 2.45) is 0 Å². The second-order valence-corrected chi connectivity index (χ2v) is 9.20. The van der Waals surface area contributed by atoms with Crippen molar-refractivity contribution in [3.63, 3.8) is 0 Å². The van der Waals surface area contributed by atoms with Crippen LogP contribution in [0.15, 0.2) is 77.7 Å². The molecule has 0 aliphatic heterocycles. The van der Waals surface area contributed by atoms with Crippen molar-refractivity contribution < 1.29 is 13.2 Å². The van der Waals surface area contributed by atoms with Crippen LogP contribution in [-0.2, 0) is 10.0 Å². The van der Waals surface area contributed by atoms with Crippen molar-refractivity contribution in [3.8, 4) is 0 Å². The molecule has 0 heterocycles. The van der Waals surface area contributed by atoms with E-state index in [1.165, 1.54) is 18.2 Å². The predicted octanol–water partition coefficient (Wildman–Crippen LogP) is 4.98. The molecule has 0 bridgehead atoms. The molecule has 3 rings (SSSR count). The topological polar surface area (TPSA) is 75.3 Å². The summed E-state index contributed by atoms with van der Waals surface area (Å²) in [5, 5.41) is 2.90. The molecule has 0 radical (unpaired) electrons. The standard InChI is InChI=1S/C23H23ClN2O3S/c1-16-7-6-10-20(13-16)26-30(28,29)22-14-19(11-12-21(22)24)23(27)25-15-17(2)18-8-4-3-5-9-18/h3-14,17,26H,15H2,1-2H3,(H,25,27)/t17-/m0/s1. The number of nitrogens with one attached hydrogen (secondary N) is 2. The van der Waals surface area contributed by atoms with Crippen molar-refractivity contribution in [2.45, 2.75) is 24.7 Å². The molecule has 0 saturated heterocycles. The molecule has 5 nitrogen and oxygen atoms in total. The van der Waals surface area contributed by atoms with Gasteiger partial charge in [-0.1, -0.05) is 61.0 Å². The monoisotopic (exact) mass is 442 g/mol. The molecule has 0 spiro atoms. The Morgan fingerprint density at radius 1 is 1.00 bits per heavy atom. The van der Waals surface area contributed by atoms with E-state index < -0.39 is 10.0 Å². The van der Waals surface area contributed by atoms with Crippen LogP contribution in [0.1, 0.15) is 34.3 Å². The van der Waals surface area contributed by atoms with E-state index in [-0.39, 0.29) is 27.3 Å². The molecule has 2 N–H and O–H groups in total. The molecule has 3 aromatic rings. The highest BCUT2D eigenvalue weighted by atomic mass is 35.5. The number of anilines is 1. The van der Waals surface area contributed by atoms with Crippen molar-refractivity contribution in [3.05, 3.63) is 94.5 Å². The lowest BCUT2D eigenvalue weighted by Crippen LogP contribution is -2.27. The van der Waals surface area contributed by atoms with E-state index in [0.29, 0.717) is 12.2 Å². The molecule has 1 amide bonds. The molecule has 0 saturated carbocycles. The molecule has 0 unspecified atom stereocenters. The van der Waals surface area contributed by atoms with E-state index in [9.17, 15) is 13.2 Å². The van der Waals surface area contributed by atoms with E-state index in [4.69, 9.17) is 11.6 Å². The SMILES string of the molecule is Cc1cccc(NS(=O)(=O)c2cc(C(=O)NC[C@H](C)c3ccccc3)ccc2Cl)c1. The highest BCUT2D eigenvalue weighted by molar-refractivity contribution is 7.92. The third-order valence-corrected chi connectivity index (χ3v) is 6.55. The summed E-state index contributed by atoms with van der Waals surface area (Å²) in [5.41, 5.74) is 2.68. The first kappa shape index (κ1) is 21.9. The Kier molecular flexibility index (Phi) is 6.80. The van der Waals surface area contributed by atoms with Gasteiger partial charge in [-0.25, -0.2) is 8.42 Å². The number of amides is 1. The first-order valence-electron chi connectivity index (χ1n) is 9.48. The van der Waals surface area contributed by atoms with Gasteiger partial charge in [0.05, 0.1) is 5.02 Å². The van der Waals surface area contributed by atoms with E-state index in [0.717, 1.165) is 11.1 Å². The van der Waals surface area contributed by atoms with Crippen LogP contribution in [0.2, 0.25) is 5.02 Å². The summed E-state index contributed by atoms with van der Waals surface area (Å²) in [6.45, 7) is 4.31. The summed E-state index contributed by atoms with van der Waals surface area (Å²) >= 11 is 6.14. The number of benzene rings is 3. The highest BCUT2D eigenvalue weighted by Gasteiger charge is 2.21. The minimum absolute atomic E-state index is 0.0457. The number of carbonyl (C=O) groups is 1. The van der Waals surface area contributed by atoms with Gasteiger partial charge in [0, 0.05) is 17.8 Å². The number of hydrogen-bond donors (Lipinski definition) is 2. The molecule has 156 valence electrons. The van der Waals surface area contributed by atoms with Crippen molar-refractivity contribution in [1.82, 2.24) is 5.32 Å². The fraction of sp³-hybridized carbons (Fsp3) is 0.174. The number of aryl methyl sites for hydroxylation is 1. The predicted molar refractivity (Wildman–Crippen MR) is 121 cm³/mol.